The van der Waals surface area contributed by atoms with Gasteiger partial charge in [0.2, 0.25) is 17.7 Å². The number of thioether (sulfide) groups is 1. The van der Waals surface area contributed by atoms with Crippen LogP contribution in [0.3, 0.4) is 0 Å². The van der Waals surface area contributed by atoms with Crippen LogP contribution in [0.1, 0.15) is 59.4 Å². The fraction of sp³-hybridized carbons (Fsp3) is 0.500. The summed E-state index contributed by atoms with van der Waals surface area (Å²) in [6.45, 7) is 9.58. The molecule has 0 spiro atoms. The third-order valence-electron chi connectivity index (χ3n) is 7.12. The maximum atomic E-state index is 13.4. The zero-order valence-corrected chi connectivity index (χ0v) is 30.7. The van der Waals surface area contributed by atoms with Crippen molar-refractivity contribution in [2.24, 2.45) is 11.3 Å². The minimum absolute atomic E-state index is 0.0108. The Labute approximate surface area is 298 Å². The van der Waals surface area contributed by atoms with Crippen LogP contribution in [-0.4, -0.2) is 79.5 Å². The minimum Gasteiger partial charge on any atom is -0.467 e. The van der Waals surface area contributed by atoms with Crippen molar-refractivity contribution < 1.29 is 38.2 Å². The van der Waals surface area contributed by atoms with E-state index in [-0.39, 0.29) is 48.2 Å². The molecule has 0 aliphatic heterocycles. The number of carbonyl (C=O) groups excluding carboxylic acids is 6. The third-order valence-corrected chi connectivity index (χ3v) is 8.21. The molecule has 14 heteroatoms. The van der Waals surface area contributed by atoms with E-state index in [0.717, 1.165) is 0 Å². The summed E-state index contributed by atoms with van der Waals surface area (Å²) in [5.41, 5.74) is 1.60. The Morgan fingerprint density at radius 3 is 1.84 bits per heavy atom. The number of ether oxygens (including phenoxy) is 2. The monoisotopic (exact) mass is 713 g/mol. The second-order valence-corrected chi connectivity index (χ2v) is 14.5. The van der Waals surface area contributed by atoms with Crippen LogP contribution in [0.25, 0.3) is 0 Å². The molecule has 0 aliphatic rings. The van der Waals surface area contributed by atoms with E-state index in [1.165, 1.54) is 26.0 Å². The van der Waals surface area contributed by atoms with E-state index in [0.29, 0.717) is 29.1 Å². The third kappa shape index (κ3) is 16.2. The summed E-state index contributed by atoms with van der Waals surface area (Å²) >= 11 is 1.31. The van der Waals surface area contributed by atoms with E-state index in [9.17, 15) is 28.8 Å². The van der Waals surface area contributed by atoms with Gasteiger partial charge < -0.3 is 36.1 Å². The fourth-order valence-electron chi connectivity index (χ4n) is 4.76. The Hall–Kier alpha value is -4.59. The molecule has 5 amide bonds. The maximum absolute atomic E-state index is 13.4. The number of hydrogen-bond acceptors (Lipinski definition) is 9. The second kappa shape index (κ2) is 20.8. The van der Waals surface area contributed by atoms with E-state index >= 15 is 0 Å². The molecular weight excluding hydrogens is 662 g/mol. The second-order valence-electron chi connectivity index (χ2n) is 13.4. The Morgan fingerprint density at radius 1 is 0.720 bits per heavy atom. The van der Waals surface area contributed by atoms with Crippen molar-refractivity contribution in [3.05, 3.63) is 60.2 Å². The first-order chi connectivity index (χ1) is 23.6. The van der Waals surface area contributed by atoms with Crippen molar-refractivity contribution in [3.8, 4) is 0 Å². The number of methoxy groups -OCH3 is 2. The van der Waals surface area contributed by atoms with Crippen molar-refractivity contribution in [3.63, 3.8) is 0 Å². The Balaban J connectivity index is 1.96. The molecule has 274 valence electrons. The van der Waals surface area contributed by atoms with Crippen molar-refractivity contribution in [2.45, 2.75) is 78.4 Å². The Bertz CT molecular complexity index is 1430. The zero-order chi connectivity index (χ0) is 37.3. The molecule has 13 nitrogen and oxygen atoms in total. The largest absolute Gasteiger partial charge is 0.467 e. The SMILES string of the molecule is COC(=O)[C@H](CCSC[C@@H](NC(=O)CC(C)(C)C)C(=O)OC)NC(=O)[C@H](CC(C)C)NC(=O)Cc1ccc(NC(=O)Nc2ccccc2)cc1. The molecular formula is C36H51N5O8S. The number of hydrogen-bond donors (Lipinski definition) is 5. The summed E-state index contributed by atoms with van der Waals surface area (Å²) in [6, 6.07) is 12.6. The molecule has 0 unspecified atom stereocenters. The lowest BCUT2D eigenvalue weighted by Gasteiger charge is -2.24. The summed E-state index contributed by atoms with van der Waals surface area (Å²) in [4.78, 5) is 76.0. The predicted molar refractivity (Wildman–Crippen MR) is 195 cm³/mol. The van der Waals surface area contributed by atoms with Crippen molar-refractivity contribution in [1.29, 1.82) is 0 Å². The van der Waals surface area contributed by atoms with Gasteiger partial charge in [-0.25, -0.2) is 14.4 Å². The van der Waals surface area contributed by atoms with Gasteiger partial charge in [-0.2, -0.15) is 11.8 Å². The molecule has 0 fully saturated rings. The molecule has 50 heavy (non-hydrogen) atoms. The highest BCUT2D eigenvalue weighted by Gasteiger charge is 2.29. The minimum atomic E-state index is -1.00. The van der Waals surface area contributed by atoms with Gasteiger partial charge >= 0.3 is 18.0 Å². The molecule has 2 aromatic rings. The van der Waals surface area contributed by atoms with Crippen molar-refractivity contribution in [2.75, 3.05) is 36.4 Å². The van der Waals surface area contributed by atoms with Gasteiger partial charge in [0.15, 0.2) is 0 Å². The van der Waals surface area contributed by atoms with Gasteiger partial charge in [0.1, 0.15) is 18.1 Å². The smallest absolute Gasteiger partial charge is 0.329 e. The lowest BCUT2D eigenvalue weighted by atomic mass is 9.92. The van der Waals surface area contributed by atoms with Crippen LogP contribution in [0.2, 0.25) is 0 Å². The van der Waals surface area contributed by atoms with Gasteiger partial charge in [0.05, 0.1) is 20.6 Å². The van der Waals surface area contributed by atoms with E-state index in [4.69, 9.17) is 9.47 Å². The number of nitrogens with one attached hydrogen (secondary N) is 5. The quantitative estimate of drug-likeness (QED) is 0.111. The number of carbonyl (C=O) groups is 6. The van der Waals surface area contributed by atoms with Crippen LogP contribution in [0.5, 0.6) is 0 Å². The number of anilines is 2. The van der Waals surface area contributed by atoms with Gasteiger partial charge in [-0.15, -0.1) is 0 Å². The van der Waals surface area contributed by atoms with Gasteiger partial charge in [-0.1, -0.05) is 65.0 Å². The molecule has 5 N–H and O–H groups in total. The number of para-hydroxylation sites is 1. The number of rotatable bonds is 18. The standard InChI is InChI=1S/C36H51N5O8S/c1-23(2)19-28(39-30(42)20-24-13-15-26(16-14-24)38-35(47)37-25-11-9-8-10-12-25)32(44)41-27(33(45)48-6)17-18-50-22-29(34(46)49-7)40-31(43)21-36(3,4)5/h8-16,23,27-29H,17-22H2,1-7H3,(H,39,42)(H,40,43)(H,41,44)(H2,37,38,47)/t27-,28-,29+/m0/s1. The van der Waals surface area contributed by atoms with E-state index < -0.39 is 42.0 Å². The molecule has 0 heterocycles. The van der Waals surface area contributed by atoms with Crippen LogP contribution < -0.4 is 26.6 Å². The highest BCUT2D eigenvalue weighted by molar-refractivity contribution is 7.99. The van der Waals surface area contributed by atoms with Crippen LogP contribution in [0, 0.1) is 11.3 Å². The lowest BCUT2D eigenvalue weighted by Crippen LogP contribution is -2.52. The first-order valence-electron chi connectivity index (χ1n) is 16.4. The molecule has 3 atom stereocenters. The van der Waals surface area contributed by atoms with Crippen LogP contribution in [0.4, 0.5) is 16.2 Å². The van der Waals surface area contributed by atoms with Crippen LogP contribution in [-0.2, 0) is 39.9 Å². The van der Waals surface area contributed by atoms with E-state index in [1.54, 1.807) is 36.4 Å². The van der Waals surface area contributed by atoms with Gasteiger partial charge in [0.25, 0.3) is 0 Å². The number of amides is 5. The topological polar surface area (TPSA) is 181 Å². The Kier molecular flexibility index (Phi) is 17.3. The first-order valence-corrected chi connectivity index (χ1v) is 17.6. The predicted octanol–water partition coefficient (Wildman–Crippen LogP) is 4.28. The molecule has 0 saturated heterocycles. The van der Waals surface area contributed by atoms with E-state index in [2.05, 4.69) is 26.6 Å². The first kappa shape index (κ1) is 41.6. The average Bonchev–Trinajstić information content (AvgIpc) is 3.04. The molecule has 0 bridgehead atoms. The summed E-state index contributed by atoms with van der Waals surface area (Å²) in [7, 11) is 2.46. The number of benzene rings is 2. The van der Waals surface area contributed by atoms with Crippen LogP contribution >= 0.6 is 11.8 Å². The average molecular weight is 714 g/mol. The van der Waals surface area contributed by atoms with Crippen molar-refractivity contribution in [1.82, 2.24) is 16.0 Å². The van der Waals surface area contributed by atoms with E-state index in [1.807, 2.05) is 52.8 Å². The normalized spacial score (nSPS) is 12.9. The number of esters is 2. The Morgan fingerprint density at radius 2 is 1.28 bits per heavy atom. The summed E-state index contributed by atoms with van der Waals surface area (Å²) in [5, 5.41) is 13.7. The molecule has 0 saturated carbocycles. The zero-order valence-electron chi connectivity index (χ0n) is 29.9. The molecule has 0 aliphatic carbocycles. The maximum Gasteiger partial charge on any atom is 0.329 e. The fourth-order valence-corrected chi connectivity index (χ4v) is 5.78. The van der Waals surface area contributed by atoms with Crippen LogP contribution in [0.15, 0.2) is 54.6 Å². The summed E-state index contributed by atoms with van der Waals surface area (Å²) in [6.07, 6.45) is 0.728. The van der Waals surface area contributed by atoms with Gasteiger partial charge in [-0.3, -0.25) is 14.4 Å². The highest BCUT2D eigenvalue weighted by atomic mass is 32.2. The summed E-state index contributed by atoms with van der Waals surface area (Å²) in [5.74, 6) is -1.82. The molecule has 2 aromatic carbocycles. The highest BCUT2D eigenvalue weighted by Crippen LogP contribution is 2.19. The summed E-state index contributed by atoms with van der Waals surface area (Å²) < 4.78 is 9.76. The molecule has 2 rings (SSSR count). The van der Waals surface area contributed by atoms with Gasteiger partial charge in [-0.05, 0) is 59.8 Å². The lowest BCUT2D eigenvalue weighted by molar-refractivity contribution is -0.145. The van der Waals surface area contributed by atoms with Crippen molar-refractivity contribution >= 4 is 58.8 Å². The number of urea groups is 1. The molecule has 0 aromatic heterocycles. The van der Waals surface area contributed by atoms with Gasteiger partial charge in [0, 0.05) is 23.5 Å². The molecule has 0 radical (unpaired) electrons.